The summed E-state index contributed by atoms with van der Waals surface area (Å²) in [6.45, 7) is 18.7. The number of nitrogens with one attached hydrogen (secondary N) is 1. The Hall–Kier alpha value is -1.14. The lowest BCUT2D eigenvalue weighted by atomic mass is 10.1. The van der Waals surface area contributed by atoms with E-state index in [0.717, 1.165) is 51.8 Å². The maximum Gasteiger partial charge on any atom is 0.0826 e. The topological polar surface area (TPSA) is 31.0 Å². The monoisotopic (exact) mass is 402 g/mol. The normalized spacial score (nSPS) is 21.8. The van der Waals surface area contributed by atoms with E-state index in [1.165, 1.54) is 50.3 Å². The summed E-state index contributed by atoms with van der Waals surface area (Å²) in [5, 5.41) is 3.61. The van der Waals surface area contributed by atoms with Gasteiger partial charge >= 0.3 is 0 Å². The standard InChI is InChI=1S/C24H42N4O/c1-4-26-12-14-28(15-13-26)23-9-7-22(8-10-23)18-25-19-24-20-27(16-17-29-24)11-5-6-21(2)3/h7-10,21,24-25H,4-6,11-20H2,1-3H3/t24-/m0/s1. The van der Waals surface area contributed by atoms with Crippen molar-refractivity contribution in [1.29, 1.82) is 0 Å². The highest BCUT2D eigenvalue weighted by molar-refractivity contribution is 5.48. The van der Waals surface area contributed by atoms with Crippen molar-refractivity contribution in [3.05, 3.63) is 29.8 Å². The first-order chi connectivity index (χ1) is 14.1. The van der Waals surface area contributed by atoms with Crippen LogP contribution in [0.5, 0.6) is 0 Å². The summed E-state index contributed by atoms with van der Waals surface area (Å²) in [6.07, 6.45) is 2.94. The van der Waals surface area contributed by atoms with Crippen LogP contribution < -0.4 is 10.2 Å². The molecule has 2 fully saturated rings. The summed E-state index contributed by atoms with van der Waals surface area (Å²) in [4.78, 5) is 7.60. The Morgan fingerprint density at radius 2 is 1.79 bits per heavy atom. The Balaban J connectivity index is 1.35. The zero-order chi connectivity index (χ0) is 20.5. The van der Waals surface area contributed by atoms with E-state index < -0.39 is 0 Å². The molecule has 164 valence electrons. The zero-order valence-electron chi connectivity index (χ0n) is 18.9. The molecular weight excluding hydrogens is 360 g/mol. The van der Waals surface area contributed by atoms with E-state index >= 15 is 0 Å². The minimum atomic E-state index is 0.317. The van der Waals surface area contributed by atoms with Gasteiger partial charge in [-0.1, -0.05) is 32.9 Å². The van der Waals surface area contributed by atoms with Crippen LogP contribution in [-0.4, -0.2) is 81.4 Å². The Morgan fingerprint density at radius 1 is 1.03 bits per heavy atom. The number of rotatable bonds is 10. The third-order valence-corrected chi connectivity index (χ3v) is 6.30. The molecule has 0 aromatic heterocycles. The average molecular weight is 403 g/mol. The molecule has 0 saturated carbocycles. The Bertz CT molecular complexity index is 569. The first-order valence-electron chi connectivity index (χ1n) is 11.7. The van der Waals surface area contributed by atoms with Gasteiger partial charge in [0.25, 0.3) is 0 Å². The van der Waals surface area contributed by atoms with Gasteiger partial charge in [-0.3, -0.25) is 4.90 Å². The van der Waals surface area contributed by atoms with Gasteiger partial charge in [-0.2, -0.15) is 0 Å². The zero-order valence-corrected chi connectivity index (χ0v) is 18.9. The molecule has 2 saturated heterocycles. The van der Waals surface area contributed by atoms with Crippen LogP contribution in [0.2, 0.25) is 0 Å². The van der Waals surface area contributed by atoms with Crippen LogP contribution in [0.4, 0.5) is 5.69 Å². The number of morpholine rings is 1. The number of anilines is 1. The fraction of sp³-hybridized carbons (Fsp3) is 0.750. The summed E-state index contributed by atoms with van der Waals surface area (Å²) in [5.74, 6) is 0.806. The molecule has 0 bridgehead atoms. The van der Waals surface area contributed by atoms with Gasteiger partial charge in [-0.25, -0.2) is 0 Å². The lowest BCUT2D eigenvalue weighted by Gasteiger charge is -2.35. The van der Waals surface area contributed by atoms with Crippen molar-refractivity contribution < 1.29 is 4.74 Å². The van der Waals surface area contributed by atoms with Crippen molar-refractivity contribution in [3.8, 4) is 0 Å². The summed E-state index contributed by atoms with van der Waals surface area (Å²) in [6, 6.07) is 9.11. The van der Waals surface area contributed by atoms with Gasteiger partial charge in [-0.05, 0) is 49.5 Å². The predicted molar refractivity (Wildman–Crippen MR) is 123 cm³/mol. The third kappa shape index (κ3) is 7.56. The van der Waals surface area contributed by atoms with Crippen LogP contribution in [0, 0.1) is 5.92 Å². The Labute approximate surface area is 178 Å². The lowest BCUT2D eigenvalue weighted by Crippen LogP contribution is -2.46. The highest BCUT2D eigenvalue weighted by atomic mass is 16.5. The van der Waals surface area contributed by atoms with E-state index in [2.05, 4.69) is 65.1 Å². The SMILES string of the molecule is CCN1CCN(c2ccc(CNC[C@H]3CN(CCCC(C)C)CCO3)cc2)CC1. The van der Waals surface area contributed by atoms with Crippen molar-refractivity contribution in [1.82, 2.24) is 15.1 Å². The fourth-order valence-corrected chi connectivity index (χ4v) is 4.35. The first kappa shape index (κ1) is 22.5. The van der Waals surface area contributed by atoms with E-state index in [-0.39, 0.29) is 0 Å². The van der Waals surface area contributed by atoms with Crippen molar-refractivity contribution >= 4 is 5.69 Å². The fourth-order valence-electron chi connectivity index (χ4n) is 4.35. The van der Waals surface area contributed by atoms with Gasteiger partial charge in [-0.15, -0.1) is 0 Å². The van der Waals surface area contributed by atoms with Gasteiger partial charge in [0.1, 0.15) is 0 Å². The van der Waals surface area contributed by atoms with Gasteiger partial charge < -0.3 is 19.9 Å². The minimum absolute atomic E-state index is 0.317. The molecule has 5 nitrogen and oxygen atoms in total. The van der Waals surface area contributed by atoms with Crippen molar-refractivity contribution in [2.24, 2.45) is 5.92 Å². The molecule has 2 aliphatic heterocycles. The molecular formula is C24H42N4O. The van der Waals surface area contributed by atoms with E-state index in [0.29, 0.717) is 6.10 Å². The molecule has 3 rings (SSSR count). The number of hydrogen-bond acceptors (Lipinski definition) is 5. The van der Waals surface area contributed by atoms with Crippen LogP contribution in [0.25, 0.3) is 0 Å². The molecule has 0 unspecified atom stereocenters. The smallest absolute Gasteiger partial charge is 0.0826 e. The molecule has 29 heavy (non-hydrogen) atoms. The van der Waals surface area contributed by atoms with Crippen molar-refractivity contribution in [2.75, 3.05) is 70.4 Å². The first-order valence-corrected chi connectivity index (χ1v) is 11.7. The molecule has 1 atom stereocenters. The van der Waals surface area contributed by atoms with E-state index in [1.807, 2.05) is 0 Å². The van der Waals surface area contributed by atoms with E-state index in [4.69, 9.17) is 4.74 Å². The summed E-state index contributed by atoms with van der Waals surface area (Å²) in [5.41, 5.74) is 2.71. The van der Waals surface area contributed by atoms with Gasteiger partial charge in [0.2, 0.25) is 0 Å². The van der Waals surface area contributed by atoms with Crippen LogP contribution in [0.3, 0.4) is 0 Å². The average Bonchev–Trinajstić information content (AvgIpc) is 2.74. The molecule has 2 aliphatic rings. The highest BCUT2D eigenvalue weighted by Gasteiger charge is 2.20. The summed E-state index contributed by atoms with van der Waals surface area (Å²) in [7, 11) is 0. The highest BCUT2D eigenvalue weighted by Crippen LogP contribution is 2.17. The van der Waals surface area contributed by atoms with Crippen molar-refractivity contribution in [2.45, 2.75) is 46.3 Å². The van der Waals surface area contributed by atoms with Crippen LogP contribution >= 0.6 is 0 Å². The third-order valence-electron chi connectivity index (χ3n) is 6.30. The number of piperazine rings is 1. The number of benzene rings is 1. The lowest BCUT2D eigenvalue weighted by molar-refractivity contribution is -0.0277. The molecule has 1 aromatic carbocycles. The maximum atomic E-state index is 5.98. The Morgan fingerprint density at radius 3 is 2.48 bits per heavy atom. The molecule has 1 aromatic rings. The van der Waals surface area contributed by atoms with E-state index in [9.17, 15) is 0 Å². The molecule has 2 heterocycles. The van der Waals surface area contributed by atoms with Crippen LogP contribution in [0.1, 0.15) is 39.2 Å². The number of nitrogens with zero attached hydrogens (tertiary/aromatic N) is 3. The summed E-state index contributed by atoms with van der Waals surface area (Å²) < 4.78 is 5.98. The van der Waals surface area contributed by atoms with E-state index in [1.54, 1.807) is 0 Å². The quantitative estimate of drug-likeness (QED) is 0.650. The maximum absolute atomic E-state index is 5.98. The number of likely N-dealkylation sites (N-methyl/N-ethyl adjacent to an activating group) is 1. The summed E-state index contributed by atoms with van der Waals surface area (Å²) >= 11 is 0. The van der Waals surface area contributed by atoms with Crippen LogP contribution in [0.15, 0.2) is 24.3 Å². The van der Waals surface area contributed by atoms with Crippen molar-refractivity contribution in [3.63, 3.8) is 0 Å². The predicted octanol–water partition coefficient (Wildman–Crippen LogP) is 3.06. The molecule has 5 heteroatoms. The van der Waals surface area contributed by atoms with Crippen LogP contribution in [-0.2, 0) is 11.3 Å². The molecule has 1 N–H and O–H groups in total. The minimum Gasteiger partial charge on any atom is -0.374 e. The molecule has 0 spiro atoms. The second-order valence-electron chi connectivity index (χ2n) is 9.05. The van der Waals surface area contributed by atoms with Gasteiger partial charge in [0.05, 0.1) is 12.7 Å². The largest absolute Gasteiger partial charge is 0.374 e. The number of ether oxygens (including phenoxy) is 1. The van der Waals surface area contributed by atoms with Gasteiger partial charge in [0.15, 0.2) is 0 Å². The molecule has 0 aliphatic carbocycles. The van der Waals surface area contributed by atoms with Gasteiger partial charge in [0, 0.05) is 58.0 Å². The second-order valence-corrected chi connectivity index (χ2v) is 9.05. The second kappa shape index (κ2) is 11.9. The molecule has 0 radical (unpaired) electrons. The molecule has 0 amide bonds. The Kier molecular flexibility index (Phi) is 9.25. The number of hydrogen-bond donors (Lipinski definition) is 1.